The summed E-state index contributed by atoms with van der Waals surface area (Å²) in [7, 11) is 0. The van der Waals surface area contributed by atoms with Crippen molar-refractivity contribution in [3.05, 3.63) is 112 Å². The summed E-state index contributed by atoms with van der Waals surface area (Å²) in [6.07, 6.45) is 6.83. The zero-order chi connectivity index (χ0) is 19.6. The first-order valence-electron chi connectivity index (χ1n) is 10.6. The van der Waals surface area contributed by atoms with Crippen molar-refractivity contribution >= 4 is 30.1 Å². The molecule has 1 saturated heterocycles. The predicted octanol–water partition coefficient (Wildman–Crippen LogP) is 7.00. The molecule has 1 nitrogen and oxygen atoms in total. The normalized spacial score (nSPS) is 15.8. The van der Waals surface area contributed by atoms with Crippen LogP contribution in [0.4, 0.5) is 0 Å². The van der Waals surface area contributed by atoms with Crippen LogP contribution in [0.2, 0.25) is 0 Å². The van der Waals surface area contributed by atoms with Crippen LogP contribution in [0, 0.1) is 6.92 Å². The molecule has 1 heterocycles. The van der Waals surface area contributed by atoms with Gasteiger partial charge >= 0.3 is 0 Å². The summed E-state index contributed by atoms with van der Waals surface area (Å²) in [6.45, 7) is 5.47. The van der Waals surface area contributed by atoms with Gasteiger partial charge in [0.2, 0.25) is 0 Å². The van der Waals surface area contributed by atoms with Crippen molar-refractivity contribution in [3.8, 4) is 0 Å². The Bertz CT molecular complexity index is 1030. The summed E-state index contributed by atoms with van der Waals surface area (Å²) >= 11 is 0. The molecular formula is C28H28ClN. The summed E-state index contributed by atoms with van der Waals surface area (Å²) in [6, 6.07) is 26.7. The molecule has 2 aliphatic rings. The summed E-state index contributed by atoms with van der Waals surface area (Å²) < 4.78 is 0. The third kappa shape index (κ3) is 4.14. The van der Waals surface area contributed by atoms with E-state index in [0.717, 1.165) is 32.5 Å². The topological polar surface area (TPSA) is 3.24 Å². The molecule has 3 aromatic rings. The van der Waals surface area contributed by atoms with Crippen LogP contribution in [-0.4, -0.2) is 18.0 Å². The van der Waals surface area contributed by atoms with E-state index in [0.29, 0.717) is 0 Å². The second-order valence-corrected chi connectivity index (χ2v) is 8.25. The molecule has 0 unspecified atom stereocenters. The molecular weight excluding hydrogens is 386 g/mol. The number of hydrogen-bond donors (Lipinski definition) is 0. The van der Waals surface area contributed by atoms with Crippen LogP contribution >= 0.6 is 12.4 Å². The lowest BCUT2D eigenvalue weighted by molar-refractivity contribution is 0.248. The Hall–Kier alpha value is -2.61. The number of halogens is 1. The summed E-state index contributed by atoms with van der Waals surface area (Å²) in [5, 5.41) is 0. The molecule has 0 atom stereocenters. The van der Waals surface area contributed by atoms with E-state index in [1.54, 1.807) is 5.57 Å². The van der Waals surface area contributed by atoms with Gasteiger partial charge in [-0.1, -0.05) is 96.1 Å². The van der Waals surface area contributed by atoms with Crippen molar-refractivity contribution in [2.24, 2.45) is 0 Å². The average Bonchev–Trinajstić information content (AvgIpc) is 2.93. The van der Waals surface area contributed by atoms with Gasteiger partial charge in [-0.3, -0.25) is 4.90 Å². The van der Waals surface area contributed by atoms with E-state index >= 15 is 0 Å². The molecule has 2 heteroatoms. The van der Waals surface area contributed by atoms with Crippen LogP contribution < -0.4 is 0 Å². The number of fused-ring (bicyclic) bond motifs is 2. The van der Waals surface area contributed by atoms with Gasteiger partial charge in [0.25, 0.3) is 0 Å². The largest absolute Gasteiger partial charge is 0.298 e. The van der Waals surface area contributed by atoms with Crippen LogP contribution in [0.5, 0.6) is 0 Å². The van der Waals surface area contributed by atoms with E-state index in [1.807, 2.05) is 0 Å². The molecule has 152 valence electrons. The van der Waals surface area contributed by atoms with Crippen molar-refractivity contribution in [2.45, 2.75) is 26.3 Å². The van der Waals surface area contributed by atoms with Crippen molar-refractivity contribution in [1.82, 2.24) is 4.90 Å². The van der Waals surface area contributed by atoms with E-state index in [2.05, 4.69) is 96.8 Å². The second kappa shape index (κ2) is 9.04. The van der Waals surface area contributed by atoms with E-state index in [9.17, 15) is 0 Å². The second-order valence-electron chi connectivity index (χ2n) is 8.25. The monoisotopic (exact) mass is 413 g/mol. The SMILES string of the molecule is Cc1ccc(CN2CCC(=C3c4ccccc4C=Cc4ccccc43)CC2)cc1.Cl. The lowest BCUT2D eigenvalue weighted by atomic mass is 9.86. The first-order chi connectivity index (χ1) is 14.3. The Morgan fingerprint density at radius 2 is 1.23 bits per heavy atom. The van der Waals surface area contributed by atoms with Gasteiger partial charge < -0.3 is 0 Å². The third-order valence-corrected chi connectivity index (χ3v) is 6.24. The molecule has 0 aromatic heterocycles. The predicted molar refractivity (Wildman–Crippen MR) is 131 cm³/mol. The highest BCUT2D eigenvalue weighted by atomic mass is 35.5. The first kappa shape index (κ1) is 20.7. The molecule has 5 rings (SSSR count). The Morgan fingerprint density at radius 1 is 0.700 bits per heavy atom. The van der Waals surface area contributed by atoms with E-state index in [-0.39, 0.29) is 12.4 Å². The van der Waals surface area contributed by atoms with E-state index in [1.165, 1.54) is 39.0 Å². The van der Waals surface area contributed by atoms with Gasteiger partial charge in [0.15, 0.2) is 0 Å². The molecule has 30 heavy (non-hydrogen) atoms. The number of likely N-dealkylation sites (tertiary alicyclic amines) is 1. The average molecular weight is 414 g/mol. The smallest absolute Gasteiger partial charge is 0.0233 e. The van der Waals surface area contributed by atoms with Crippen LogP contribution in [0.25, 0.3) is 17.7 Å². The van der Waals surface area contributed by atoms with Gasteiger partial charge in [0.05, 0.1) is 0 Å². The van der Waals surface area contributed by atoms with Gasteiger partial charge in [-0.15, -0.1) is 12.4 Å². The highest BCUT2D eigenvalue weighted by Gasteiger charge is 2.22. The molecule has 0 N–H and O–H groups in total. The Labute approximate surface area is 186 Å². The maximum Gasteiger partial charge on any atom is 0.0233 e. The van der Waals surface area contributed by atoms with Crippen LogP contribution in [0.1, 0.15) is 46.2 Å². The Balaban J connectivity index is 0.00000218. The van der Waals surface area contributed by atoms with Gasteiger partial charge in [0, 0.05) is 19.6 Å². The van der Waals surface area contributed by atoms with E-state index < -0.39 is 0 Å². The van der Waals surface area contributed by atoms with Gasteiger partial charge in [0.1, 0.15) is 0 Å². The molecule has 0 bridgehead atoms. The van der Waals surface area contributed by atoms with Crippen molar-refractivity contribution in [1.29, 1.82) is 0 Å². The number of rotatable bonds is 2. The number of piperidine rings is 1. The van der Waals surface area contributed by atoms with Gasteiger partial charge in [-0.25, -0.2) is 0 Å². The summed E-state index contributed by atoms with van der Waals surface area (Å²) in [5.41, 5.74) is 11.2. The van der Waals surface area contributed by atoms with Crippen molar-refractivity contribution < 1.29 is 0 Å². The minimum Gasteiger partial charge on any atom is -0.298 e. The first-order valence-corrected chi connectivity index (χ1v) is 10.6. The van der Waals surface area contributed by atoms with Crippen molar-refractivity contribution in [2.75, 3.05) is 13.1 Å². The lowest BCUT2D eigenvalue weighted by Crippen LogP contribution is -2.30. The molecule has 0 amide bonds. The quantitative estimate of drug-likeness (QED) is 0.342. The molecule has 1 fully saturated rings. The van der Waals surface area contributed by atoms with Crippen LogP contribution in [-0.2, 0) is 6.54 Å². The fourth-order valence-corrected chi connectivity index (χ4v) is 4.63. The van der Waals surface area contributed by atoms with Crippen LogP contribution in [0.3, 0.4) is 0 Å². The standard InChI is InChI=1S/C28H27N.ClH/c1-21-10-12-22(13-11-21)20-29-18-16-25(17-19-29)28-26-8-4-2-6-23(26)14-15-24-7-3-5-9-27(24)28;/h2-15H,16-20H2,1H3;1H. The highest BCUT2D eigenvalue weighted by molar-refractivity contribution is 5.94. The third-order valence-electron chi connectivity index (χ3n) is 6.24. The molecule has 1 aliphatic heterocycles. The molecule has 0 saturated carbocycles. The molecule has 3 aromatic carbocycles. The summed E-state index contributed by atoms with van der Waals surface area (Å²) in [4.78, 5) is 2.60. The highest BCUT2D eigenvalue weighted by Crippen LogP contribution is 2.38. The number of benzene rings is 3. The summed E-state index contributed by atoms with van der Waals surface area (Å²) in [5.74, 6) is 0. The maximum absolute atomic E-state index is 2.60. The fourth-order valence-electron chi connectivity index (χ4n) is 4.63. The minimum atomic E-state index is 0. The van der Waals surface area contributed by atoms with Gasteiger partial charge in [-0.05, 0) is 53.2 Å². The molecule has 0 radical (unpaired) electrons. The Kier molecular flexibility index (Phi) is 6.22. The van der Waals surface area contributed by atoms with Crippen molar-refractivity contribution in [3.63, 3.8) is 0 Å². The lowest BCUT2D eigenvalue weighted by Gasteiger charge is -2.30. The number of aryl methyl sites for hydroxylation is 1. The minimum absolute atomic E-state index is 0. The zero-order valence-electron chi connectivity index (χ0n) is 17.5. The van der Waals surface area contributed by atoms with Crippen LogP contribution in [0.15, 0.2) is 78.4 Å². The number of nitrogens with zero attached hydrogens (tertiary/aromatic N) is 1. The number of hydrogen-bond acceptors (Lipinski definition) is 1. The molecule has 1 aliphatic carbocycles. The maximum atomic E-state index is 2.60. The molecule has 0 spiro atoms. The van der Waals surface area contributed by atoms with Gasteiger partial charge in [-0.2, -0.15) is 0 Å². The Morgan fingerprint density at radius 3 is 1.80 bits per heavy atom. The zero-order valence-corrected chi connectivity index (χ0v) is 18.3. The fraction of sp³-hybridized carbons (Fsp3) is 0.214. The van der Waals surface area contributed by atoms with E-state index in [4.69, 9.17) is 0 Å².